The minimum absolute atomic E-state index is 0.0324. The molecule has 2 aromatic carbocycles. The third kappa shape index (κ3) is 5.19. The molecule has 0 bridgehead atoms. The number of carbonyl (C=O) groups is 1. The van der Waals surface area contributed by atoms with Gasteiger partial charge in [0.2, 0.25) is 0 Å². The van der Waals surface area contributed by atoms with Crippen LogP contribution in [0.3, 0.4) is 0 Å². The van der Waals surface area contributed by atoms with Crippen molar-refractivity contribution in [1.82, 2.24) is 19.9 Å². The zero-order valence-electron chi connectivity index (χ0n) is 18.7. The van der Waals surface area contributed by atoms with Crippen molar-refractivity contribution in [1.29, 1.82) is 0 Å². The van der Waals surface area contributed by atoms with Crippen LogP contribution in [0.2, 0.25) is 0 Å². The summed E-state index contributed by atoms with van der Waals surface area (Å²) >= 11 is 1.72. The molecule has 0 fully saturated rings. The molecule has 2 heterocycles. The van der Waals surface area contributed by atoms with Crippen LogP contribution in [0.25, 0.3) is 11.2 Å². The highest BCUT2D eigenvalue weighted by Crippen LogP contribution is 2.27. The molecule has 4 rings (SSSR count). The Morgan fingerprint density at radius 2 is 1.78 bits per heavy atom. The van der Waals surface area contributed by atoms with Crippen LogP contribution in [0.1, 0.15) is 47.3 Å². The van der Waals surface area contributed by atoms with E-state index in [1.807, 2.05) is 43.3 Å². The predicted octanol–water partition coefficient (Wildman–Crippen LogP) is 5.61. The van der Waals surface area contributed by atoms with Crippen LogP contribution < -0.4 is 5.32 Å². The van der Waals surface area contributed by atoms with Crippen LogP contribution in [0.15, 0.2) is 72.0 Å². The van der Waals surface area contributed by atoms with E-state index < -0.39 is 0 Å². The predicted molar refractivity (Wildman–Crippen MR) is 131 cm³/mol. The number of aromatic nitrogens is 3. The fourth-order valence-electron chi connectivity index (χ4n) is 3.38. The molecule has 0 spiro atoms. The van der Waals surface area contributed by atoms with Crippen molar-refractivity contribution in [3.8, 4) is 0 Å². The van der Waals surface area contributed by atoms with Crippen LogP contribution in [-0.4, -0.2) is 26.5 Å². The standard InChI is InChI=1S/C26H28N4OS/c1-4-19(3)28-25(31)22-13-11-20(12-14-22)16-30-24-23(6-5-15-27-24)29-26(30)32-17-21-9-7-18(2)8-10-21/h5-15,19H,4,16-17H2,1-3H3,(H,28,31)/t19-/m1/s1. The monoisotopic (exact) mass is 444 g/mol. The highest BCUT2D eigenvalue weighted by Gasteiger charge is 2.14. The summed E-state index contributed by atoms with van der Waals surface area (Å²) in [6, 6.07) is 20.5. The van der Waals surface area contributed by atoms with E-state index in [1.54, 1.807) is 18.0 Å². The number of amides is 1. The maximum atomic E-state index is 12.4. The fraction of sp³-hybridized carbons (Fsp3) is 0.269. The molecule has 164 valence electrons. The molecule has 1 N–H and O–H groups in total. The minimum Gasteiger partial charge on any atom is -0.350 e. The van der Waals surface area contributed by atoms with Gasteiger partial charge in [0.25, 0.3) is 5.91 Å². The number of nitrogens with zero attached hydrogens (tertiary/aromatic N) is 3. The first kappa shape index (κ1) is 22.1. The minimum atomic E-state index is -0.0324. The smallest absolute Gasteiger partial charge is 0.251 e. The second kappa shape index (κ2) is 10.0. The molecule has 0 aliphatic heterocycles. The molecule has 0 aliphatic carbocycles. The van der Waals surface area contributed by atoms with Crippen LogP contribution in [0.5, 0.6) is 0 Å². The van der Waals surface area contributed by atoms with E-state index in [9.17, 15) is 4.79 Å². The van der Waals surface area contributed by atoms with E-state index in [-0.39, 0.29) is 11.9 Å². The molecular weight excluding hydrogens is 416 g/mol. The van der Waals surface area contributed by atoms with Crippen molar-refractivity contribution < 1.29 is 4.79 Å². The molecule has 4 aromatic rings. The molecule has 1 amide bonds. The van der Waals surface area contributed by atoms with Crippen molar-refractivity contribution in [2.75, 3.05) is 0 Å². The summed E-state index contributed by atoms with van der Waals surface area (Å²) in [6.07, 6.45) is 2.71. The molecule has 0 aliphatic rings. The quantitative estimate of drug-likeness (QED) is 0.359. The SMILES string of the molecule is CC[C@@H](C)NC(=O)c1ccc(Cn2c(SCc3ccc(C)cc3)nc3cccnc32)cc1. The number of fused-ring (bicyclic) bond motifs is 1. The number of pyridine rings is 1. The average Bonchev–Trinajstić information content (AvgIpc) is 3.16. The molecule has 5 nitrogen and oxygen atoms in total. The van der Waals surface area contributed by atoms with Gasteiger partial charge in [0.05, 0.1) is 6.54 Å². The van der Waals surface area contributed by atoms with Crippen molar-refractivity contribution in [2.24, 2.45) is 0 Å². The van der Waals surface area contributed by atoms with Crippen molar-refractivity contribution in [2.45, 2.75) is 50.7 Å². The average molecular weight is 445 g/mol. The molecule has 0 saturated carbocycles. The highest BCUT2D eigenvalue weighted by molar-refractivity contribution is 7.98. The van der Waals surface area contributed by atoms with Gasteiger partial charge < -0.3 is 5.32 Å². The topological polar surface area (TPSA) is 59.8 Å². The number of hydrogen-bond donors (Lipinski definition) is 1. The number of aryl methyl sites for hydroxylation is 1. The van der Waals surface area contributed by atoms with Gasteiger partial charge in [-0.05, 0) is 55.7 Å². The Balaban J connectivity index is 1.54. The summed E-state index contributed by atoms with van der Waals surface area (Å²) in [5.74, 6) is 0.813. The van der Waals surface area contributed by atoms with Gasteiger partial charge >= 0.3 is 0 Å². The van der Waals surface area contributed by atoms with E-state index in [4.69, 9.17) is 4.98 Å². The van der Waals surface area contributed by atoms with Gasteiger partial charge in [0.1, 0.15) is 5.52 Å². The molecule has 0 radical (unpaired) electrons. The summed E-state index contributed by atoms with van der Waals surface area (Å²) in [5, 5.41) is 3.95. The van der Waals surface area contributed by atoms with Gasteiger partial charge in [-0.3, -0.25) is 9.36 Å². The first-order chi connectivity index (χ1) is 15.5. The Bertz CT molecular complexity index is 1200. The molecule has 0 saturated heterocycles. The first-order valence-corrected chi connectivity index (χ1v) is 11.9. The van der Waals surface area contributed by atoms with Gasteiger partial charge in [-0.25, -0.2) is 9.97 Å². The molecule has 2 aromatic heterocycles. The van der Waals surface area contributed by atoms with E-state index in [0.29, 0.717) is 12.1 Å². The lowest BCUT2D eigenvalue weighted by molar-refractivity contribution is 0.0939. The number of hydrogen-bond acceptors (Lipinski definition) is 4. The first-order valence-electron chi connectivity index (χ1n) is 10.9. The molecule has 1 atom stereocenters. The molecule has 0 unspecified atom stereocenters. The largest absolute Gasteiger partial charge is 0.350 e. The molecule has 32 heavy (non-hydrogen) atoms. The van der Waals surface area contributed by atoms with Crippen molar-refractivity contribution in [3.05, 3.63) is 89.1 Å². The fourth-order valence-corrected chi connectivity index (χ4v) is 4.33. The number of benzene rings is 2. The lowest BCUT2D eigenvalue weighted by Gasteiger charge is -2.12. The van der Waals surface area contributed by atoms with E-state index in [2.05, 4.69) is 53.0 Å². The second-order valence-corrected chi connectivity index (χ2v) is 9.02. The number of nitrogens with one attached hydrogen (secondary N) is 1. The Morgan fingerprint density at radius 1 is 1.06 bits per heavy atom. The Morgan fingerprint density at radius 3 is 2.50 bits per heavy atom. The summed E-state index contributed by atoms with van der Waals surface area (Å²) in [7, 11) is 0. The third-order valence-corrected chi connectivity index (χ3v) is 6.55. The number of carbonyl (C=O) groups excluding carboxylic acids is 1. The van der Waals surface area contributed by atoms with Crippen LogP contribution in [-0.2, 0) is 12.3 Å². The highest BCUT2D eigenvalue weighted by atomic mass is 32.2. The Labute approximate surface area is 193 Å². The Hall–Kier alpha value is -3.12. The van der Waals surface area contributed by atoms with Crippen LogP contribution in [0.4, 0.5) is 0 Å². The summed E-state index contributed by atoms with van der Waals surface area (Å²) in [6.45, 7) is 6.82. The zero-order chi connectivity index (χ0) is 22.5. The zero-order valence-corrected chi connectivity index (χ0v) is 19.5. The van der Waals surface area contributed by atoms with Crippen LogP contribution >= 0.6 is 11.8 Å². The summed E-state index contributed by atoms with van der Waals surface area (Å²) in [4.78, 5) is 21.8. The Kier molecular flexibility index (Phi) is 6.90. The number of imidazole rings is 1. The van der Waals surface area contributed by atoms with Crippen LogP contribution in [0, 0.1) is 6.92 Å². The van der Waals surface area contributed by atoms with Crippen molar-refractivity contribution >= 4 is 28.8 Å². The van der Waals surface area contributed by atoms with E-state index >= 15 is 0 Å². The third-order valence-electron chi connectivity index (χ3n) is 5.50. The van der Waals surface area contributed by atoms with Gasteiger partial charge in [-0.1, -0.05) is 60.6 Å². The summed E-state index contributed by atoms with van der Waals surface area (Å²) in [5.41, 5.74) is 6.07. The van der Waals surface area contributed by atoms with Gasteiger partial charge in [0, 0.05) is 23.6 Å². The lowest BCUT2D eigenvalue weighted by atomic mass is 10.1. The van der Waals surface area contributed by atoms with Gasteiger partial charge in [-0.2, -0.15) is 0 Å². The number of thioether (sulfide) groups is 1. The van der Waals surface area contributed by atoms with E-state index in [1.165, 1.54) is 11.1 Å². The molecule has 6 heteroatoms. The molecular formula is C26H28N4OS. The lowest BCUT2D eigenvalue weighted by Crippen LogP contribution is -2.31. The second-order valence-electron chi connectivity index (χ2n) is 8.08. The van der Waals surface area contributed by atoms with Crippen molar-refractivity contribution in [3.63, 3.8) is 0 Å². The van der Waals surface area contributed by atoms with Gasteiger partial charge in [-0.15, -0.1) is 0 Å². The maximum absolute atomic E-state index is 12.4. The van der Waals surface area contributed by atoms with E-state index in [0.717, 1.165) is 34.1 Å². The normalized spacial score (nSPS) is 12.1. The van der Waals surface area contributed by atoms with Gasteiger partial charge in [0.15, 0.2) is 10.8 Å². The number of rotatable bonds is 8. The summed E-state index contributed by atoms with van der Waals surface area (Å²) < 4.78 is 2.16. The maximum Gasteiger partial charge on any atom is 0.251 e.